The van der Waals surface area contributed by atoms with Crippen LogP contribution in [0.1, 0.15) is 35.4 Å². The van der Waals surface area contributed by atoms with Crippen molar-refractivity contribution in [3.05, 3.63) is 108 Å². The largest absolute Gasteiger partial charge is 0.459 e. The summed E-state index contributed by atoms with van der Waals surface area (Å²) >= 11 is 0. The maximum absolute atomic E-state index is 12.6. The lowest BCUT2D eigenvalue weighted by atomic mass is 9.76. The zero-order valence-corrected chi connectivity index (χ0v) is 19.3. The van der Waals surface area contributed by atoms with Gasteiger partial charge in [0.05, 0.1) is 0 Å². The number of esters is 1. The SMILES string of the molecule is O=C(COCC(=O)N1CCC(C(c2ccccc2)c2ccccc2)CC1)OCc1ccccc1. The van der Waals surface area contributed by atoms with Crippen molar-refractivity contribution in [2.75, 3.05) is 26.3 Å². The van der Waals surface area contributed by atoms with Crippen molar-refractivity contribution < 1.29 is 19.1 Å². The van der Waals surface area contributed by atoms with Crippen LogP contribution in [0.5, 0.6) is 0 Å². The Morgan fingerprint density at radius 3 is 1.85 bits per heavy atom. The molecule has 1 amide bonds. The predicted octanol–water partition coefficient (Wildman–Crippen LogP) is 4.82. The van der Waals surface area contributed by atoms with E-state index in [1.807, 2.05) is 47.4 Å². The first-order valence-corrected chi connectivity index (χ1v) is 11.9. The van der Waals surface area contributed by atoms with Gasteiger partial charge in [0.2, 0.25) is 5.91 Å². The second-order valence-electron chi connectivity index (χ2n) is 8.66. The molecule has 0 aromatic heterocycles. The number of nitrogens with zero attached hydrogens (tertiary/aromatic N) is 1. The van der Waals surface area contributed by atoms with E-state index in [1.54, 1.807) is 0 Å². The molecule has 176 valence electrons. The van der Waals surface area contributed by atoms with E-state index < -0.39 is 5.97 Å². The quantitative estimate of drug-likeness (QED) is 0.433. The number of hydrogen-bond donors (Lipinski definition) is 0. The van der Waals surface area contributed by atoms with Gasteiger partial charge >= 0.3 is 5.97 Å². The number of amides is 1. The summed E-state index contributed by atoms with van der Waals surface area (Å²) in [6.45, 7) is 1.27. The normalized spacial score (nSPS) is 14.2. The average molecular weight is 458 g/mol. The summed E-state index contributed by atoms with van der Waals surface area (Å²) < 4.78 is 10.5. The Morgan fingerprint density at radius 2 is 1.29 bits per heavy atom. The molecule has 0 aliphatic carbocycles. The summed E-state index contributed by atoms with van der Waals surface area (Å²) in [6, 6.07) is 30.7. The summed E-state index contributed by atoms with van der Waals surface area (Å²) in [5.74, 6) is 0.229. The third-order valence-electron chi connectivity index (χ3n) is 6.37. The van der Waals surface area contributed by atoms with Crippen molar-refractivity contribution in [1.29, 1.82) is 0 Å². The van der Waals surface area contributed by atoms with E-state index >= 15 is 0 Å². The Kier molecular flexibility index (Phi) is 8.47. The Balaban J connectivity index is 1.24. The Hall–Kier alpha value is -3.44. The molecular weight excluding hydrogens is 426 g/mol. The van der Waals surface area contributed by atoms with Crippen molar-refractivity contribution in [1.82, 2.24) is 4.90 Å². The smallest absolute Gasteiger partial charge is 0.332 e. The minimum atomic E-state index is -0.469. The molecule has 34 heavy (non-hydrogen) atoms. The highest BCUT2D eigenvalue weighted by Gasteiger charge is 2.30. The van der Waals surface area contributed by atoms with Crippen LogP contribution in [0.25, 0.3) is 0 Å². The lowest BCUT2D eigenvalue weighted by Gasteiger charge is -2.36. The standard InChI is InChI=1S/C29H31NO4/c31-27(21-33-22-28(32)34-20-23-10-4-1-5-11-23)30-18-16-26(17-19-30)29(24-12-6-2-7-13-24)25-14-8-3-9-15-25/h1-15,26,29H,16-22H2. The minimum absolute atomic E-state index is 0.0784. The highest BCUT2D eigenvalue weighted by Crippen LogP contribution is 2.37. The maximum Gasteiger partial charge on any atom is 0.332 e. The topological polar surface area (TPSA) is 55.8 Å². The molecule has 3 aromatic carbocycles. The molecule has 5 heteroatoms. The molecule has 1 fully saturated rings. The van der Waals surface area contributed by atoms with Crippen LogP contribution in [0.3, 0.4) is 0 Å². The molecule has 1 aliphatic heterocycles. The Morgan fingerprint density at radius 1 is 0.765 bits per heavy atom. The number of rotatable bonds is 9. The van der Waals surface area contributed by atoms with Gasteiger partial charge in [-0.05, 0) is 35.4 Å². The predicted molar refractivity (Wildman–Crippen MR) is 131 cm³/mol. The molecule has 0 bridgehead atoms. The summed E-state index contributed by atoms with van der Waals surface area (Å²) in [7, 11) is 0. The molecule has 0 radical (unpaired) electrons. The number of piperidine rings is 1. The first-order valence-electron chi connectivity index (χ1n) is 11.9. The Bertz CT molecular complexity index is 992. The molecule has 5 nitrogen and oxygen atoms in total. The zero-order valence-electron chi connectivity index (χ0n) is 19.3. The van der Waals surface area contributed by atoms with Gasteiger partial charge < -0.3 is 14.4 Å². The number of carbonyl (C=O) groups is 2. The van der Waals surface area contributed by atoms with Gasteiger partial charge in [-0.3, -0.25) is 4.79 Å². The van der Waals surface area contributed by atoms with E-state index in [1.165, 1.54) is 11.1 Å². The number of likely N-dealkylation sites (tertiary alicyclic amines) is 1. The van der Waals surface area contributed by atoms with Gasteiger partial charge in [-0.2, -0.15) is 0 Å². The van der Waals surface area contributed by atoms with Crippen molar-refractivity contribution in [2.24, 2.45) is 5.92 Å². The first kappa shape index (κ1) is 23.7. The summed E-state index contributed by atoms with van der Waals surface area (Å²) in [5.41, 5.74) is 3.55. The number of benzene rings is 3. The molecule has 4 rings (SSSR count). The van der Waals surface area contributed by atoms with Crippen molar-refractivity contribution in [3.8, 4) is 0 Å². The van der Waals surface area contributed by atoms with Crippen LogP contribution in [0.4, 0.5) is 0 Å². The molecule has 1 saturated heterocycles. The van der Waals surface area contributed by atoms with E-state index in [0.29, 0.717) is 24.9 Å². The third kappa shape index (κ3) is 6.55. The van der Waals surface area contributed by atoms with Crippen molar-refractivity contribution in [2.45, 2.75) is 25.4 Å². The fourth-order valence-corrected chi connectivity index (χ4v) is 4.63. The van der Waals surface area contributed by atoms with Gasteiger partial charge in [0, 0.05) is 19.0 Å². The molecule has 0 saturated carbocycles. The lowest BCUT2D eigenvalue weighted by molar-refractivity contribution is -0.152. The van der Waals surface area contributed by atoms with Crippen LogP contribution >= 0.6 is 0 Å². The van der Waals surface area contributed by atoms with Crippen LogP contribution in [-0.2, 0) is 25.7 Å². The molecular formula is C29H31NO4. The maximum atomic E-state index is 12.6. The lowest BCUT2D eigenvalue weighted by Crippen LogP contribution is -2.41. The fraction of sp³-hybridized carbons (Fsp3) is 0.310. The van der Waals surface area contributed by atoms with Gasteiger partial charge in [-0.25, -0.2) is 4.79 Å². The van der Waals surface area contributed by atoms with E-state index in [4.69, 9.17) is 9.47 Å². The third-order valence-corrected chi connectivity index (χ3v) is 6.37. The first-order chi connectivity index (χ1) is 16.7. The van der Waals surface area contributed by atoms with Crippen LogP contribution in [0, 0.1) is 5.92 Å². The van der Waals surface area contributed by atoms with Crippen LogP contribution < -0.4 is 0 Å². The van der Waals surface area contributed by atoms with Gasteiger partial charge in [0.15, 0.2) is 0 Å². The van der Waals surface area contributed by atoms with E-state index in [9.17, 15) is 9.59 Å². The number of carbonyl (C=O) groups excluding carboxylic acids is 2. The molecule has 0 atom stereocenters. The van der Waals surface area contributed by atoms with Gasteiger partial charge in [-0.15, -0.1) is 0 Å². The Labute approximate surface area is 201 Å². The fourth-order valence-electron chi connectivity index (χ4n) is 4.63. The minimum Gasteiger partial charge on any atom is -0.459 e. The van der Waals surface area contributed by atoms with Crippen molar-refractivity contribution in [3.63, 3.8) is 0 Å². The molecule has 0 N–H and O–H groups in total. The highest BCUT2D eigenvalue weighted by molar-refractivity contribution is 5.78. The average Bonchev–Trinajstić information content (AvgIpc) is 2.90. The molecule has 0 spiro atoms. The second-order valence-corrected chi connectivity index (χ2v) is 8.66. The highest BCUT2D eigenvalue weighted by atomic mass is 16.6. The van der Waals surface area contributed by atoms with Gasteiger partial charge in [0.1, 0.15) is 19.8 Å². The molecule has 1 aliphatic rings. The summed E-state index contributed by atoms with van der Waals surface area (Å²) in [6.07, 6.45) is 1.86. The molecule has 1 heterocycles. The number of hydrogen-bond acceptors (Lipinski definition) is 4. The second kappa shape index (κ2) is 12.1. The van der Waals surface area contributed by atoms with E-state index in [2.05, 4.69) is 48.5 Å². The van der Waals surface area contributed by atoms with Crippen LogP contribution in [0.2, 0.25) is 0 Å². The van der Waals surface area contributed by atoms with E-state index in [-0.39, 0.29) is 25.7 Å². The van der Waals surface area contributed by atoms with Crippen LogP contribution in [0.15, 0.2) is 91.0 Å². The molecule has 3 aromatic rings. The van der Waals surface area contributed by atoms with Crippen LogP contribution in [-0.4, -0.2) is 43.1 Å². The van der Waals surface area contributed by atoms with Crippen molar-refractivity contribution >= 4 is 11.9 Å². The number of ether oxygens (including phenoxy) is 2. The van der Waals surface area contributed by atoms with Gasteiger partial charge in [0.25, 0.3) is 0 Å². The summed E-state index contributed by atoms with van der Waals surface area (Å²) in [4.78, 5) is 26.4. The van der Waals surface area contributed by atoms with Gasteiger partial charge in [-0.1, -0.05) is 91.0 Å². The monoisotopic (exact) mass is 457 g/mol. The molecule has 0 unspecified atom stereocenters. The zero-order chi connectivity index (χ0) is 23.6. The summed E-state index contributed by atoms with van der Waals surface area (Å²) in [5, 5.41) is 0. The van der Waals surface area contributed by atoms with E-state index in [0.717, 1.165) is 18.4 Å².